The number of aliphatic carboxylic acids is 1. The summed E-state index contributed by atoms with van der Waals surface area (Å²) < 4.78 is 25.2. The zero-order valence-corrected chi connectivity index (χ0v) is 12.2. The molecule has 0 aromatic heterocycles. The highest BCUT2D eigenvalue weighted by Gasteiger charge is 2.21. The van der Waals surface area contributed by atoms with Gasteiger partial charge in [-0.05, 0) is 31.2 Å². The van der Waals surface area contributed by atoms with Gasteiger partial charge in [-0.25, -0.2) is 8.42 Å². The Morgan fingerprint density at radius 1 is 1.10 bits per heavy atom. The number of aryl methyl sites for hydroxylation is 1. The first-order chi connectivity index (χ1) is 9.91. The number of para-hydroxylation sites is 1. The highest BCUT2D eigenvalue weighted by Crippen LogP contribution is 2.27. The molecule has 0 bridgehead atoms. The summed E-state index contributed by atoms with van der Waals surface area (Å²) in [4.78, 5) is 10.9. The van der Waals surface area contributed by atoms with Crippen LogP contribution in [-0.2, 0) is 14.6 Å². The van der Waals surface area contributed by atoms with Crippen molar-refractivity contribution in [2.75, 3.05) is 11.9 Å². The highest BCUT2D eigenvalue weighted by molar-refractivity contribution is 7.91. The van der Waals surface area contributed by atoms with Gasteiger partial charge in [-0.3, -0.25) is 4.79 Å². The van der Waals surface area contributed by atoms with E-state index in [0.717, 1.165) is 5.56 Å². The molecule has 0 saturated heterocycles. The summed E-state index contributed by atoms with van der Waals surface area (Å²) in [6, 6.07) is 12.8. The van der Waals surface area contributed by atoms with Crippen molar-refractivity contribution in [2.45, 2.75) is 16.7 Å². The number of anilines is 1. The van der Waals surface area contributed by atoms with Gasteiger partial charge in [0, 0.05) is 0 Å². The van der Waals surface area contributed by atoms with Crippen LogP contribution >= 0.6 is 0 Å². The molecular weight excluding hydrogens is 290 g/mol. The third-order valence-corrected chi connectivity index (χ3v) is 4.77. The first-order valence-corrected chi connectivity index (χ1v) is 7.76. The number of hydrogen-bond acceptors (Lipinski definition) is 4. The van der Waals surface area contributed by atoms with Gasteiger partial charge in [0.1, 0.15) is 6.54 Å². The number of carbonyl (C=O) groups is 1. The lowest BCUT2D eigenvalue weighted by molar-refractivity contribution is -0.134. The van der Waals surface area contributed by atoms with Crippen LogP contribution < -0.4 is 5.32 Å². The smallest absolute Gasteiger partial charge is 0.322 e. The van der Waals surface area contributed by atoms with Gasteiger partial charge >= 0.3 is 5.97 Å². The number of hydrogen-bond donors (Lipinski definition) is 2. The molecule has 0 atom stereocenters. The summed E-state index contributed by atoms with van der Waals surface area (Å²) in [5, 5.41) is 11.3. The Labute approximate surface area is 123 Å². The van der Waals surface area contributed by atoms with Gasteiger partial charge in [0.25, 0.3) is 0 Å². The molecule has 0 spiro atoms. The number of carboxylic acids is 1. The van der Waals surface area contributed by atoms with Gasteiger partial charge in [0.05, 0.1) is 15.5 Å². The summed E-state index contributed by atoms with van der Waals surface area (Å²) in [6.45, 7) is 1.53. The number of rotatable bonds is 5. The Balaban J connectivity index is 2.45. The van der Waals surface area contributed by atoms with E-state index in [1.165, 1.54) is 6.07 Å². The minimum atomic E-state index is -3.69. The largest absolute Gasteiger partial charge is 0.480 e. The maximum atomic E-state index is 12.6. The molecule has 0 aliphatic rings. The highest BCUT2D eigenvalue weighted by atomic mass is 32.2. The van der Waals surface area contributed by atoms with Crippen molar-refractivity contribution in [2.24, 2.45) is 0 Å². The van der Waals surface area contributed by atoms with Crippen molar-refractivity contribution in [1.82, 2.24) is 0 Å². The molecule has 0 aliphatic heterocycles. The monoisotopic (exact) mass is 305 g/mol. The minimum Gasteiger partial charge on any atom is -0.480 e. The van der Waals surface area contributed by atoms with E-state index in [1.807, 2.05) is 6.92 Å². The van der Waals surface area contributed by atoms with Crippen LogP contribution in [0, 0.1) is 6.92 Å². The Hall–Kier alpha value is -2.34. The molecule has 2 rings (SSSR count). The molecular formula is C15H15NO4S. The Bertz CT molecular complexity index is 751. The molecule has 0 radical (unpaired) electrons. The lowest BCUT2D eigenvalue weighted by Crippen LogP contribution is -2.15. The topological polar surface area (TPSA) is 83.5 Å². The van der Waals surface area contributed by atoms with Crippen LogP contribution in [0.3, 0.4) is 0 Å². The van der Waals surface area contributed by atoms with E-state index >= 15 is 0 Å². The van der Waals surface area contributed by atoms with Gasteiger partial charge in [-0.1, -0.05) is 29.8 Å². The van der Waals surface area contributed by atoms with E-state index in [-0.39, 0.29) is 22.0 Å². The summed E-state index contributed by atoms with van der Waals surface area (Å²) >= 11 is 0. The normalized spacial score (nSPS) is 11.1. The zero-order chi connectivity index (χ0) is 15.5. The first-order valence-electron chi connectivity index (χ1n) is 6.28. The van der Waals surface area contributed by atoms with Crippen molar-refractivity contribution in [1.29, 1.82) is 0 Å². The lowest BCUT2D eigenvalue weighted by atomic mass is 10.2. The maximum absolute atomic E-state index is 12.6. The molecule has 0 saturated carbocycles. The van der Waals surface area contributed by atoms with Crippen LogP contribution in [0.25, 0.3) is 0 Å². The molecule has 0 heterocycles. The fraction of sp³-hybridized carbons (Fsp3) is 0.133. The molecule has 5 nitrogen and oxygen atoms in total. The molecule has 110 valence electrons. The molecule has 2 aromatic carbocycles. The van der Waals surface area contributed by atoms with Gasteiger partial charge < -0.3 is 10.4 Å². The Kier molecular flexibility index (Phi) is 4.28. The van der Waals surface area contributed by atoms with E-state index in [4.69, 9.17) is 5.11 Å². The van der Waals surface area contributed by atoms with Crippen molar-refractivity contribution in [3.05, 3.63) is 54.1 Å². The van der Waals surface area contributed by atoms with Gasteiger partial charge in [0.2, 0.25) is 9.84 Å². The standard InChI is InChI=1S/C15H15NO4S/c1-11-6-8-12(9-7-11)21(19,20)14-5-3-2-4-13(14)16-10-15(17)18/h2-9,16H,10H2,1H3,(H,17,18). The molecule has 6 heteroatoms. The number of carboxylic acid groups (broad SMARTS) is 1. The van der Waals surface area contributed by atoms with Crippen molar-refractivity contribution in [3.8, 4) is 0 Å². The van der Waals surface area contributed by atoms with Crippen molar-refractivity contribution < 1.29 is 18.3 Å². The zero-order valence-electron chi connectivity index (χ0n) is 11.4. The fourth-order valence-corrected chi connectivity index (χ4v) is 3.30. The Morgan fingerprint density at radius 3 is 2.33 bits per heavy atom. The third kappa shape index (κ3) is 3.41. The molecule has 0 amide bonds. The predicted octanol–water partition coefficient (Wildman–Crippen LogP) is 2.32. The quantitative estimate of drug-likeness (QED) is 0.885. The summed E-state index contributed by atoms with van der Waals surface area (Å²) in [6.07, 6.45) is 0. The molecule has 2 N–H and O–H groups in total. The third-order valence-electron chi connectivity index (χ3n) is 2.94. The van der Waals surface area contributed by atoms with Crippen molar-refractivity contribution >= 4 is 21.5 Å². The van der Waals surface area contributed by atoms with Crippen LogP contribution in [-0.4, -0.2) is 26.0 Å². The van der Waals surface area contributed by atoms with E-state index < -0.39 is 15.8 Å². The number of benzene rings is 2. The minimum absolute atomic E-state index is 0.0649. The number of sulfone groups is 1. The summed E-state index contributed by atoms with van der Waals surface area (Å²) in [5.41, 5.74) is 1.24. The van der Waals surface area contributed by atoms with E-state index in [1.54, 1.807) is 42.5 Å². The van der Waals surface area contributed by atoms with Gasteiger partial charge in [-0.15, -0.1) is 0 Å². The van der Waals surface area contributed by atoms with Crippen LogP contribution in [0.5, 0.6) is 0 Å². The maximum Gasteiger partial charge on any atom is 0.322 e. The van der Waals surface area contributed by atoms with Crippen LogP contribution in [0.1, 0.15) is 5.56 Å². The second kappa shape index (κ2) is 5.97. The van der Waals surface area contributed by atoms with E-state index in [2.05, 4.69) is 5.32 Å². The molecule has 0 unspecified atom stereocenters. The number of nitrogens with one attached hydrogen (secondary N) is 1. The summed E-state index contributed by atoms with van der Waals surface area (Å²) in [7, 11) is -3.69. The first kappa shape index (κ1) is 15.1. The second-order valence-electron chi connectivity index (χ2n) is 4.56. The van der Waals surface area contributed by atoms with Crippen LogP contribution in [0.4, 0.5) is 5.69 Å². The van der Waals surface area contributed by atoms with Gasteiger partial charge in [-0.2, -0.15) is 0 Å². The van der Waals surface area contributed by atoms with E-state index in [9.17, 15) is 13.2 Å². The predicted molar refractivity (Wildman–Crippen MR) is 79.2 cm³/mol. The summed E-state index contributed by atoms with van der Waals surface area (Å²) in [5.74, 6) is -1.06. The molecule has 2 aromatic rings. The SMILES string of the molecule is Cc1ccc(S(=O)(=O)c2ccccc2NCC(=O)O)cc1. The van der Waals surface area contributed by atoms with E-state index in [0.29, 0.717) is 0 Å². The van der Waals surface area contributed by atoms with Crippen LogP contribution in [0.15, 0.2) is 58.3 Å². The second-order valence-corrected chi connectivity index (χ2v) is 6.48. The van der Waals surface area contributed by atoms with Crippen molar-refractivity contribution in [3.63, 3.8) is 0 Å². The van der Waals surface area contributed by atoms with Gasteiger partial charge in [0.15, 0.2) is 0 Å². The average Bonchev–Trinajstić information content (AvgIpc) is 2.46. The van der Waals surface area contributed by atoms with Crippen LogP contribution in [0.2, 0.25) is 0 Å². The fourth-order valence-electron chi connectivity index (χ4n) is 1.86. The molecule has 21 heavy (non-hydrogen) atoms. The molecule has 0 aliphatic carbocycles. The average molecular weight is 305 g/mol. The molecule has 0 fully saturated rings. The lowest BCUT2D eigenvalue weighted by Gasteiger charge is -2.11. The Morgan fingerprint density at radius 2 is 1.71 bits per heavy atom.